The minimum atomic E-state index is 0.104. The van der Waals surface area contributed by atoms with Crippen molar-refractivity contribution in [2.24, 2.45) is 11.3 Å². The van der Waals surface area contributed by atoms with Crippen LogP contribution >= 0.6 is 0 Å². The number of hydrogen-bond acceptors (Lipinski definition) is 1. The van der Waals surface area contributed by atoms with Crippen molar-refractivity contribution in [1.82, 2.24) is 0 Å². The summed E-state index contributed by atoms with van der Waals surface area (Å²) in [4.78, 5) is 12.1. The average Bonchev–Trinajstić information content (AvgIpc) is 2.16. The second-order valence-electron chi connectivity index (χ2n) is 5.04. The summed E-state index contributed by atoms with van der Waals surface area (Å²) in [6.45, 7) is 8.37. The lowest BCUT2D eigenvalue weighted by Gasteiger charge is -2.39. The van der Waals surface area contributed by atoms with Crippen LogP contribution in [0, 0.1) is 11.3 Å². The quantitative estimate of drug-likeness (QED) is 0.494. The number of ketones is 1. The van der Waals surface area contributed by atoms with Crippen molar-refractivity contribution in [3.8, 4) is 0 Å². The summed E-state index contributed by atoms with van der Waals surface area (Å²) < 4.78 is 0. The minimum absolute atomic E-state index is 0.104. The average molecular weight is 206 g/mol. The van der Waals surface area contributed by atoms with E-state index in [1.807, 2.05) is 19.9 Å². The van der Waals surface area contributed by atoms with E-state index >= 15 is 0 Å². The summed E-state index contributed by atoms with van der Waals surface area (Å²) in [5, 5.41) is 0. The third kappa shape index (κ3) is 2.58. The predicted octanol–water partition coefficient (Wildman–Crippen LogP) is 3.90. The first-order valence-corrected chi connectivity index (χ1v) is 5.84. The van der Waals surface area contributed by atoms with Crippen molar-refractivity contribution in [2.45, 2.75) is 47.0 Å². The van der Waals surface area contributed by atoms with Gasteiger partial charge in [0, 0.05) is 5.92 Å². The Hall–Kier alpha value is -0.850. The highest BCUT2D eigenvalue weighted by Crippen LogP contribution is 2.44. The van der Waals surface area contributed by atoms with Crippen LogP contribution < -0.4 is 0 Å². The molecule has 1 rings (SSSR count). The van der Waals surface area contributed by atoms with Crippen molar-refractivity contribution in [2.75, 3.05) is 0 Å². The van der Waals surface area contributed by atoms with Gasteiger partial charge in [0.25, 0.3) is 0 Å². The van der Waals surface area contributed by atoms with Gasteiger partial charge in [-0.3, -0.25) is 4.79 Å². The third-order valence-electron chi connectivity index (χ3n) is 3.43. The van der Waals surface area contributed by atoms with Gasteiger partial charge in [-0.05, 0) is 44.6 Å². The lowest BCUT2D eigenvalue weighted by molar-refractivity contribution is -0.120. The zero-order valence-corrected chi connectivity index (χ0v) is 10.3. The van der Waals surface area contributed by atoms with Gasteiger partial charge in [0.1, 0.15) is 0 Å². The molecule has 1 unspecified atom stereocenters. The Balaban J connectivity index is 3.00. The largest absolute Gasteiger partial charge is 0.294 e. The van der Waals surface area contributed by atoms with Gasteiger partial charge < -0.3 is 0 Å². The Morgan fingerprint density at radius 2 is 2.07 bits per heavy atom. The zero-order valence-electron chi connectivity index (χ0n) is 10.3. The van der Waals surface area contributed by atoms with Gasteiger partial charge in [0.2, 0.25) is 0 Å². The van der Waals surface area contributed by atoms with E-state index in [1.165, 1.54) is 12.0 Å². The summed E-state index contributed by atoms with van der Waals surface area (Å²) in [6.07, 6.45) is 9.16. The Kier molecular flexibility index (Phi) is 3.90. The highest BCUT2D eigenvalue weighted by molar-refractivity contribution is 5.94. The highest BCUT2D eigenvalue weighted by atomic mass is 16.1. The van der Waals surface area contributed by atoms with Gasteiger partial charge in [-0.1, -0.05) is 31.6 Å². The van der Waals surface area contributed by atoms with Crippen molar-refractivity contribution in [3.05, 3.63) is 23.8 Å². The number of rotatable bonds is 2. The monoisotopic (exact) mass is 206 g/mol. The van der Waals surface area contributed by atoms with Crippen molar-refractivity contribution >= 4 is 5.78 Å². The number of hydrogen-bond donors (Lipinski definition) is 0. The fourth-order valence-electron chi connectivity index (χ4n) is 2.68. The molecule has 1 atom stereocenters. The summed E-state index contributed by atoms with van der Waals surface area (Å²) in [7, 11) is 0. The van der Waals surface area contributed by atoms with E-state index in [-0.39, 0.29) is 17.1 Å². The van der Waals surface area contributed by atoms with Crippen molar-refractivity contribution < 1.29 is 4.79 Å². The molecule has 1 nitrogen and oxygen atoms in total. The second-order valence-corrected chi connectivity index (χ2v) is 5.04. The Bertz CT molecular complexity index is 294. The second kappa shape index (κ2) is 4.78. The van der Waals surface area contributed by atoms with Crippen molar-refractivity contribution in [1.29, 1.82) is 0 Å². The van der Waals surface area contributed by atoms with Crippen LogP contribution in [-0.4, -0.2) is 5.78 Å². The molecule has 0 spiro atoms. The first-order valence-electron chi connectivity index (χ1n) is 5.84. The van der Waals surface area contributed by atoms with Crippen LogP contribution in [0.25, 0.3) is 0 Å². The lowest BCUT2D eigenvalue weighted by Crippen LogP contribution is -2.35. The molecule has 1 aliphatic rings. The smallest absolute Gasteiger partial charge is 0.162 e. The van der Waals surface area contributed by atoms with Crippen LogP contribution in [-0.2, 0) is 4.79 Å². The van der Waals surface area contributed by atoms with Crippen LogP contribution in [0.15, 0.2) is 23.8 Å². The van der Waals surface area contributed by atoms with Crippen molar-refractivity contribution in [3.63, 3.8) is 0 Å². The van der Waals surface area contributed by atoms with Crippen LogP contribution in [0.4, 0.5) is 0 Å². The van der Waals surface area contributed by atoms with Gasteiger partial charge in [-0.25, -0.2) is 0 Å². The summed E-state index contributed by atoms with van der Waals surface area (Å²) in [5.74, 6) is 0.378. The van der Waals surface area contributed by atoms with Crippen LogP contribution in [0.5, 0.6) is 0 Å². The molecule has 0 bridgehead atoms. The maximum absolute atomic E-state index is 12.1. The molecule has 0 aromatic rings. The van der Waals surface area contributed by atoms with Gasteiger partial charge in [0.05, 0.1) is 0 Å². The highest BCUT2D eigenvalue weighted by Gasteiger charge is 2.38. The molecule has 0 heterocycles. The maximum Gasteiger partial charge on any atom is 0.162 e. The Morgan fingerprint density at radius 3 is 2.60 bits per heavy atom. The summed E-state index contributed by atoms with van der Waals surface area (Å²) in [5.41, 5.74) is 1.45. The Labute approximate surface area is 93.3 Å². The maximum atomic E-state index is 12.1. The molecule has 1 fully saturated rings. The molecule has 84 valence electrons. The molecule has 0 amide bonds. The number of carbonyl (C=O) groups excluding carboxylic acids is 1. The first kappa shape index (κ1) is 12.2. The Morgan fingerprint density at radius 1 is 1.40 bits per heavy atom. The van der Waals surface area contributed by atoms with E-state index in [1.54, 1.807) is 6.08 Å². The minimum Gasteiger partial charge on any atom is -0.294 e. The van der Waals surface area contributed by atoms with Gasteiger partial charge in [-0.15, -0.1) is 0 Å². The molecule has 0 saturated heterocycles. The van der Waals surface area contributed by atoms with E-state index < -0.39 is 0 Å². The molecule has 1 saturated carbocycles. The molecule has 1 aliphatic carbocycles. The molecular weight excluding hydrogens is 184 g/mol. The molecule has 0 aliphatic heterocycles. The van der Waals surface area contributed by atoms with Gasteiger partial charge in [-0.2, -0.15) is 0 Å². The lowest BCUT2D eigenvalue weighted by atomic mass is 9.64. The molecule has 0 aromatic carbocycles. The van der Waals surface area contributed by atoms with E-state index in [0.29, 0.717) is 0 Å². The van der Waals surface area contributed by atoms with E-state index in [4.69, 9.17) is 0 Å². The topological polar surface area (TPSA) is 17.1 Å². The fraction of sp³-hybridized carbons (Fsp3) is 0.643. The number of carbonyl (C=O) groups is 1. The summed E-state index contributed by atoms with van der Waals surface area (Å²) >= 11 is 0. The van der Waals surface area contributed by atoms with Crippen LogP contribution in [0.3, 0.4) is 0 Å². The van der Waals surface area contributed by atoms with E-state index in [2.05, 4.69) is 19.9 Å². The SMILES string of the molecule is CC=CC(=O)C1C(=CC)CCCC1(C)C. The zero-order chi connectivity index (χ0) is 11.5. The van der Waals surface area contributed by atoms with E-state index in [0.717, 1.165) is 12.8 Å². The molecule has 0 radical (unpaired) electrons. The molecule has 0 N–H and O–H groups in total. The molecule has 0 aromatic heterocycles. The van der Waals surface area contributed by atoms with Gasteiger partial charge in [0.15, 0.2) is 5.78 Å². The molecule has 1 heteroatoms. The molecular formula is C14H22O. The predicted molar refractivity (Wildman–Crippen MR) is 64.7 cm³/mol. The van der Waals surface area contributed by atoms with E-state index in [9.17, 15) is 4.79 Å². The third-order valence-corrected chi connectivity index (χ3v) is 3.43. The van der Waals surface area contributed by atoms with Crippen LogP contribution in [0.1, 0.15) is 47.0 Å². The van der Waals surface area contributed by atoms with Gasteiger partial charge >= 0.3 is 0 Å². The number of allylic oxidation sites excluding steroid dienone is 4. The normalized spacial score (nSPS) is 28.5. The van der Waals surface area contributed by atoms with Crippen LogP contribution in [0.2, 0.25) is 0 Å². The fourth-order valence-corrected chi connectivity index (χ4v) is 2.68. The standard InChI is InChI=1S/C14H22O/c1-5-8-12(15)13-11(6-2)9-7-10-14(13,3)4/h5-6,8,13H,7,9-10H2,1-4H3. The molecule has 15 heavy (non-hydrogen) atoms. The summed E-state index contributed by atoms with van der Waals surface area (Å²) in [6, 6.07) is 0. The first-order chi connectivity index (χ1) is 7.03.